The second kappa shape index (κ2) is 6.40. The zero-order chi connectivity index (χ0) is 14.5. The molecule has 2 N–H and O–H groups in total. The molecule has 1 saturated heterocycles. The molecule has 110 valence electrons. The van der Waals surface area contributed by atoms with E-state index in [-0.39, 0.29) is 18.5 Å². The molecule has 0 bridgehead atoms. The van der Waals surface area contributed by atoms with E-state index in [4.69, 9.17) is 5.11 Å². The number of carbonyl (C=O) groups is 2. The fourth-order valence-corrected chi connectivity index (χ4v) is 2.59. The van der Waals surface area contributed by atoms with Gasteiger partial charge in [-0.3, -0.25) is 9.89 Å². The molecular formula is C13H20N4O3. The Hall–Kier alpha value is -2.05. The van der Waals surface area contributed by atoms with Crippen LogP contribution in [0.15, 0.2) is 12.4 Å². The molecule has 7 heteroatoms. The number of rotatable bonds is 4. The lowest BCUT2D eigenvalue weighted by Gasteiger charge is -2.37. The van der Waals surface area contributed by atoms with Crippen molar-refractivity contribution in [3.05, 3.63) is 18.0 Å². The summed E-state index contributed by atoms with van der Waals surface area (Å²) in [5, 5.41) is 15.5. The maximum atomic E-state index is 12.4. The van der Waals surface area contributed by atoms with Crippen molar-refractivity contribution >= 4 is 12.0 Å². The molecule has 2 rings (SSSR count). The Morgan fingerprint density at radius 3 is 3.00 bits per heavy atom. The number of urea groups is 1. The monoisotopic (exact) mass is 280 g/mol. The minimum Gasteiger partial charge on any atom is -0.481 e. The fourth-order valence-electron chi connectivity index (χ4n) is 2.59. The molecule has 1 atom stereocenters. The van der Waals surface area contributed by atoms with Crippen molar-refractivity contribution in [2.75, 3.05) is 13.6 Å². The number of carboxylic acids is 1. The third-order valence-corrected chi connectivity index (χ3v) is 3.58. The van der Waals surface area contributed by atoms with Gasteiger partial charge in [-0.1, -0.05) is 0 Å². The highest BCUT2D eigenvalue weighted by molar-refractivity contribution is 5.76. The van der Waals surface area contributed by atoms with E-state index < -0.39 is 5.97 Å². The third-order valence-electron chi connectivity index (χ3n) is 3.58. The van der Waals surface area contributed by atoms with Gasteiger partial charge in [0.1, 0.15) is 0 Å². The first-order chi connectivity index (χ1) is 9.58. The van der Waals surface area contributed by atoms with Gasteiger partial charge in [-0.25, -0.2) is 4.79 Å². The molecule has 1 aromatic rings. The number of aromatic amines is 1. The van der Waals surface area contributed by atoms with Crippen LogP contribution in [0.25, 0.3) is 0 Å². The summed E-state index contributed by atoms with van der Waals surface area (Å²) in [6.45, 7) is 1.10. The Balaban J connectivity index is 1.99. The van der Waals surface area contributed by atoms with Crippen LogP contribution in [-0.2, 0) is 11.3 Å². The van der Waals surface area contributed by atoms with Crippen LogP contribution >= 0.6 is 0 Å². The number of likely N-dealkylation sites (tertiary alicyclic amines) is 1. The number of H-pyrrole nitrogens is 1. The molecule has 1 aromatic heterocycles. The third kappa shape index (κ3) is 3.49. The minimum atomic E-state index is -0.854. The number of carbonyl (C=O) groups excluding carboxylic acids is 1. The average Bonchev–Trinajstić information content (AvgIpc) is 2.90. The summed E-state index contributed by atoms with van der Waals surface area (Å²) in [6, 6.07) is -0.308. The van der Waals surface area contributed by atoms with Gasteiger partial charge in [0.2, 0.25) is 0 Å². The van der Waals surface area contributed by atoms with Crippen LogP contribution in [-0.4, -0.2) is 56.7 Å². The smallest absolute Gasteiger partial charge is 0.320 e. The van der Waals surface area contributed by atoms with Gasteiger partial charge in [0.15, 0.2) is 0 Å². The van der Waals surface area contributed by atoms with Crippen molar-refractivity contribution in [1.29, 1.82) is 0 Å². The summed E-state index contributed by atoms with van der Waals surface area (Å²) >= 11 is 0. The number of hydrogen-bond acceptors (Lipinski definition) is 3. The summed E-state index contributed by atoms with van der Waals surface area (Å²) in [4.78, 5) is 26.6. The Morgan fingerprint density at radius 2 is 2.35 bits per heavy atom. The highest BCUT2D eigenvalue weighted by atomic mass is 16.4. The number of aromatic nitrogens is 2. The Morgan fingerprint density at radius 1 is 1.55 bits per heavy atom. The number of nitrogens with zero attached hydrogens (tertiary/aromatic N) is 3. The highest BCUT2D eigenvalue weighted by Gasteiger charge is 2.30. The topological polar surface area (TPSA) is 89.5 Å². The normalized spacial score (nSPS) is 18.9. The zero-order valence-corrected chi connectivity index (χ0v) is 11.6. The van der Waals surface area contributed by atoms with Crippen LogP contribution in [0.3, 0.4) is 0 Å². The summed E-state index contributed by atoms with van der Waals surface area (Å²) in [5.74, 6) is -0.854. The lowest BCUT2D eigenvalue weighted by atomic mass is 10.00. The molecular weight excluding hydrogens is 260 g/mol. The van der Waals surface area contributed by atoms with Crippen LogP contribution < -0.4 is 0 Å². The first-order valence-electron chi connectivity index (χ1n) is 6.79. The van der Waals surface area contributed by atoms with Crippen LogP contribution in [0.5, 0.6) is 0 Å². The molecule has 1 aliphatic rings. The number of piperidine rings is 1. The van der Waals surface area contributed by atoms with Gasteiger partial charge in [-0.05, 0) is 19.3 Å². The Labute approximate surface area is 117 Å². The van der Waals surface area contributed by atoms with Crippen molar-refractivity contribution in [1.82, 2.24) is 20.0 Å². The van der Waals surface area contributed by atoms with Crippen molar-refractivity contribution in [3.63, 3.8) is 0 Å². The predicted octanol–water partition coefficient (Wildman–Crippen LogP) is 1.29. The van der Waals surface area contributed by atoms with E-state index in [0.29, 0.717) is 13.1 Å². The molecule has 0 saturated carbocycles. The van der Waals surface area contributed by atoms with Crippen LogP contribution in [0, 0.1) is 0 Å². The average molecular weight is 280 g/mol. The number of amides is 2. The molecule has 1 unspecified atom stereocenters. The molecule has 0 aliphatic carbocycles. The van der Waals surface area contributed by atoms with Gasteiger partial charge in [0, 0.05) is 31.4 Å². The van der Waals surface area contributed by atoms with E-state index in [2.05, 4.69) is 10.2 Å². The van der Waals surface area contributed by atoms with E-state index in [1.54, 1.807) is 29.2 Å². The first kappa shape index (κ1) is 14.4. The van der Waals surface area contributed by atoms with Crippen LogP contribution in [0.2, 0.25) is 0 Å². The summed E-state index contributed by atoms with van der Waals surface area (Å²) in [7, 11) is 1.72. The predicted molar refractivity (Wildman–Crippen MR) is 72.0 cm³/mol. The molecule has 7 nitrogen and oxygen atoms in total. The van der Waals surface area contributed by atoms with Gasteiger partial charge in [-0.2, -0.15) is 5.10 Å². The SMILES string of the molecule is CN(Cc1cn[nH]c1)C(=O)N1CCCCC1CC(=O)O. The van der Waals surface area contributed by atoms with Gasteiger partial charge >= 0.3 is 12.0 Å². The highest BCUT2D eigenvalue weighted by Crippen LogP contribution is 2.21. The van der Waals surface area contributed by atoms with Gasteiger partial charge in [-0.15, -0.1) is 0 Å². The summed E-state index contributed by atoms with van der Waals surface area (Å²) in [5.41, 5.74) is 0.924. The standard InChI is InChI=1S/C13H20N4O3/c1-16(9-10-7-14-15-8-10)13(20)17-5-3-2-4-11(17)6-12(18)19/h7-8,11H,2-6,9H2,1H3,(H,14,15)(H,18,19). The van der Waals surface area contributed by atoms with Gasteiger partial charge < -0.3 is 14.9 Å². The van der Waals surface area contributed by atoms with Crippen LogP contribution in [0.4, 0.5) is 4.79 Å². The molecule has 2 heterocycles. The number of nitrogens with one attached hydrogen (secondary N) is 1. The molecule has 2 amide bonds. The number of hydrogen-bond donors (Lipinski definition) is 2. The van der Waals surface area contributed by atoms with Gasteiger partial charge in [0.25, 0.3) is 0 Å². The van der Waals surface area contributed by atoms with E-state index in [0.717, 1.165) is 24.8 Å². The lowest BCUT2D eigenvalue weighted by molar-refractivity contribution is -0.138. The second-order valence-electron chi connectivity index (χ2n) is 5.19. The van der Waals surface area contributed by atoms with E-state index in [9.17, 15) is 9.59 Å². The van der Waals surface area contributed by atoms with Crippen LogP contribution in [0.1, 0.15) is 31.2 Å². The molecule has 20 heavy (non-hydrogen) atoms. The Bertz CT molecular complexity index is 460. The second-order valence-corrected chi connectivity index (χ2v) is 5.19. The van der Waals surface area contributed by atoms with E-state index in [1.165, 1.54) is 0 Å². The summed E-state index contributed by atoms with van der Waals surface area (Å²) < 4.78 is 0. The number of aliphatic carboxylic acids is 1. The van der Waals surface area contributed by atoms with Crippen molar-refractivity contribution in [2.45, 2.75) is 38.3 Å². The van der Waals surface area contributed by atoms with Crippen molar-refractivity contribution in [3.8, 4) is 0 Å². The van der Waals surface area contributed by atoms with E-state index in [1.807, 2.05) is 0 Å². The minimum absolute atomic E-state index is 0.0191. The molecule has 1 aliphatic heterocycles. The maximum absolute atomic E-state index is 12.4. The van der Waals surface area contributed by atoms with Gasteiger partial charge in [0.05, 0.1) is 19.2 Å². The van der Waals surface area contributed by atoms with E-state index >= 15 is 0 Å². The molecule has 0 radical (unpaired) electrons. The first-order valence-corrected chi connectivity index (χ1v) is 6.79. The fraction of sp³-hybridized carbons (Fsp3) is 0.615. The Kier molecular flexibility index (Phi) is 4.60. The van der Waals surface area contributed by atoms with Crippen molar-refractivity contribution < 1.29 is 14.7 Å². The zero-order valence-electron chi connectivity index (χ0n) is 11.6. The number of carboxylic acid groups (broad SMARTS) is 1. The largest absolute Gasteiger partial charge is 0.481 e. The maximum Gasteiger partial charge on any atom is 0.320 e. The summed E-state index contributed by atoms with van der Waals surface area (Å²) in [6.07, 6.45) is 6.11. The lowest BCUT2D eigenvalue weighted by Crippen LogP contribution is -2.49. The molecule has 1 fully saturated rings. The molecule has 0 aromatic carbocycles. The van der Waals surface area contributed by atoms with Crippen molar-refractivity contribution in [2.24, 2.45) is 0 Å². The molecule has 0 spiro atoms. The quantitative estimate of drug-likeness (QED) is 0.869.